The molecular weight excluding hydrogens is 272 g/mol. The van der Waals surface area contributed by atoms with E-state index in [0.717, 1.165) is 22.8 Å². The van der Waals surface area contributed by atoms with Crippen molar-refractivity contribution in [3.05, 3.63) is 28.5 Å². The maximum absolute atomic E-state index is 4.12. The van der Waals surface area contributed by atoms with Gasteiger partial charge >= 0.3 is 0 Å². The van der Waals surface area contributed by atoms with Gasteiger partial charge in [-0.15, -0.1) is 0 Å². The normalized spacial score (nSPS) is 12.7. The molecule has 0 aliphatic carbocycles. The van der Waals surface area contributed by atoms with Gasteiger partial charge in [-0.2, -0.15) is 11.8 Å². The van der Waals surface area contributed by atoms with Crippen LogP contribution >= 0.6 is 27.7 Å². The molecule has 1 N–H and O–H groups in total. The summed E-state index contributed by atoms with van der Waals surface area (Å²) in [6.07, 6.45) is 7.07. The third-order valence-electron chi connectivity index (χ3n) is 2.22. The van der Waals surface area contributed by atoms with Gasteiger partial charge in [-0.1, -0.05) is 6.92 Å². The quantitative estimate of drug-likeness (QED) is 0.815. The Bertz CT molecular complexity index is 294. The minimum Gasteiger partial charge on any atom is -0.313 e. The van der Waals surface area contributed by atoms with Gasteiger partial charge in [-0.25, -0.2) is 0 Å². The van der Waals surface area contributed by atoms with E-state index in [0.29, 0.717) is 0 Å². The monoisotopic (exact) mass is 288 g/mol. The molecule has 1 aromatic heterocycles. The van der Waals surface area contributed by atoms with Crippen LogP contribution in [0.25, 0.3) is 0 Å². The number of hydrogen-bond donors (Lipinski definition) is 1. The molecule has 1 atom stereocenters. The van der Waals surface area contributed by atoms with Crippen LogP contribution in [0.2, 0.25) is 0 Å². The molecule has 1 rings (SSSR count). The Morgan fingerprint density at radius 3 is 3.00 bits per heavy atom. The maximum Gasteiger partial charge on any atom is 0.0410 e. The topological polar surface area (TPSA) is 24.9 Å². The molecule has 1 heterocycles. The van der Waals surface area contributed by atoms with Crippen molar-refractivity contribution in [2.24, 2.45) is 0 Å². The van der Waals surface area contributed by atoms with E-state index in [4.69, 9.17) is 0 Å². The molecule has 0 spiro atoms. The Morgan fingerprint density at radius 1 is 1.53 bits per heavy atom. The number of nitrogens with one attached hydrogen (secondary N) is 1. The van der Waals surface area contributed by atoms with Gasteiger partial charge in [-0.05, 0) is 46.8 Å². The molecule has 0 saturated carbocycles. The summed E-state index contributed by atoms with van der Waals surface area (Å²) in [6.45, 7) is 4.22. The molecule has 4 heteroatoms. The van der Waals surface area contributed by atoms with Gasteiger partial charge < -0.3 is 5.32 Å². The number of rotatable bonds is 6. The summed E-state index contributed by atoms with van der Waals surface area (Å²) >= 11 is 5.33. The number of aromatic nitrogens is 1. The Labute approximate surface area is 104 Å². The van der Waals surface area contributed by atoms with Crippen LogP contribution in [0.15, 0.2) is 22.9 Å². The predicted molar refractivity (Wildman–Crippen MR) is 71.2 cm³/mol. The SMILES string of the molecule is CSC(C)CCNCc1cncc(Br)c1. The zero-order valence-electron chi connectivity index (χ0n) is 9.16. The van der Waals surface area contributed by atoms with E-state index in [-0.39, 0.29) is 0 Å². The molecule has 0 radical (unpaired) electrons. The second kappa shape index (κ2) is 7.25. The van der Waals surface area contributed by atoms with E-state index in [1.54, 1.807) is 6.20 Å². The van der Waals surface area contributed by atoms with Crippen molar-refractivity contribution >= 4 is 27.7 Å². The summed E-state index contributed by atoms with van der Waals surface area (Å²) in [7, 11) is 0. The second-order valence-corrected chi connectivity index (χ2v) is 5.71. The van der Waals surface area contributed by atoms with Gasteiger partial charge in [0.05, 0.1) is 0 Å². The molecule has 0 amide bonds. The van der Waals surface area contributed by atoms with Gasteiger partial charge in [0, 0.05) is 28.7 Å². The molecule has 2 nitrogen and oxygen atoms in total. The fourth-order valence-electron chi connectivity index (χ4n) is 1.21. The Kier molecular flexibility index (Phi) is 6.29. The van der Waals surface area contributed by atoms with Crippen molar-refractivity contribution in [1.29, 1.82) is 0 Å². The smallest absolute Gasteiger partial charge is 0.0410 e. The summed E-state index contributed by atoms with van der Waals surface area (Å²) in [4.78, 5) is 4.12. The van der Waals surface area contributed by atoms with Crippen molar-refractivity contribution in [1.82, 2.24) is 10.3 Å². The van der Waals surface area contributed by atoms with Crippen molar-refractivity contribution in [3.63, 3.8) is 0 Å². The molecule has 84 valence electrons. The van der Waals surface area contributed by atoms with Crippen LogP contribution in [-0.4, -0.2) is 23.0 Å². The summed E-state index contributed by atoms with van der Waals surface area (Å²) in [5.74, 6) is 0. The third kappa shape index (κ3) is 5.54. The molecule has 0 bridgehead atoms. The van der Waals surface area contributed by atoms with Crippen LogP contribution in [0.5, 0.6) is 0 Å². The number of pyridine rings is 1. The molecule has 0 fully saturated rings. The molecule has 0 aliphatic heterocycles. The first-order chi connectivity index (χ1) is 7.22. The highest BCUT2D eigenvalue weighted by molar-refractivity contribution is 9.10. The Balaban J connectivity index is 2.20. The molecule has 1 unspecified atom stereocenters. The lowest BCUT2D eigenvalue weighted by Crippen LogP contribution is -2.17. The minimum absolute atomic E-state index is 0.734. The number of thioether (sulfide) groups is 1. The highest BCUT2D eigenvalue weighted by Crippen LogP contribution is 2.10. The largest absolute Gasteiger partial charge is 0.313 e. The number of halogens is 1. The van der Waals surface area contributed by atoms with Gasteiger partial charge in [0.25, 0.3) is 0 Å². The third-order valence-corrected chi connectivity index (χ3v) is 3.69. The predicted octanol–water partition coefficient (Wildman–Crippen LogP) is 3.08. The fourth-order valence-corrected chi connectivity index (χ4v) is 1.97. The molecule has 1 aromatic rings. The maximum atomic E-state index is 4.12. The Morgan fingerprint density at radius 2 is 2.33 bits per heavy atom. The minimum atomic E-state index is 0.734. The first-order valence-corrected chi connectivity index (χ1v) is 7.13. The van der Waals surface area contributed by atoms with E-state index in [1.807, 2.05) is 18.0 Å². The summed E-state index contributed by atoms with van der Waals surface area (Å²) in [6, 6.07) is 2.10. The van der Waals surface area contributed by atoms with Crippen LogP contribution in [0, 0.1) is 0 Å². The van der Waals surface area contributed by atoms with Crippen molar-refractivity contribution in [2.45, 2.75) is 25.1 Å². The standard InChI is InChI=1S/C11H17BrN2S/c1-9(15-2)3-4-13-6-10-5-11(12)8-14-7-10/h5,7-9,13H,3-4,6H2,1-2H3. The van der Waals surface area contributed by atoms with Crippen molar-refractivity contribution in [2.75, 3.05) is 12.8 Å². The summed E-state index contributed by atoms with van der Waals surface area (Å²) in [5, 5.41) is 4.15. The van der Waals surface area contributed by atoms with E-state index in [9.17, 15) is 0 Å². The van der Waals surface area contributed by atoms with Crippen LogP contribution in [0.3, 0.4) is 0 Å². The summed E-state index contributed by atoms with van der Waals surface area (Å²) in [5.41, 5.74) is 1.22. The number of nitrogens with zero attached hydrogens (tertiary/aromatic N) is 1. The lowest BCUT2D eigenvalue weighted by Gasteiger charge is -2.08. The first kappa shape index (κ1) is 13.0. The highest BCUT2D eigenvalue weighted by atomic mass is 79.9. The molecule has 15 heavy (non-hydrogen) atoms. The van der Waals surface area contributed by atoms with E-state index < -0.39 is 0 Å². The van der Waals surface area contributed by atoms with Crippen molar-refractivity contribution < 1.29 is 0 Å². The average Bonchev–Trinajstić information content (AvgIpc) is 2.24. The lowest BCUT2D eigenvalue weighted by atomic mass is 10.2. The first-order valence-electron chi connectivity index (χ1n) is 5.05. The van der Waals surface area contributed by atoms with E-state index in [2.05, 4.69) is 45.5 Å². The number of hydrogen-bond acceptors (Lipinski definition) is 3. The van der Waals surface area contributed by atoms with Crippen LogP contribution in [-0.2, 0) is 6.54 Å². The molecular formula is C11H17BrN2S. The van der Waals surface area contributed by atoms with Gasteiger partial charge in [0.1, 0.15) is 0 Å². The van der Waals surface area contributed by atoms with E-state index >= 15 is 0 Å². The fraction of sp³-hybridized carbons (Fsp3) is 0.545. The molecule has 0 saturated heterocycles. The van der Waals surface area contributed by atoms with Crippen LogP contribution < -0.4 is 5.32 Å². The zero-order valence-corrected chi connectivity index (χ0v) is 11.6. The average molecular weight is 289 g/mol. The molecule has 0 aromatic carbocycles. The van der Waals surface area contributed by atoms with Crippen molar-refractivity contribution in [3.8, 4) is 0 Å². The zero-order chi connectivity index (χ0) is 11.1. The summed E-state index contributed by atoms with van der Waals surface area (Å²) < 4.78 is 1.04. The highest BCUT2D eigenvalue weighted by Gasteiger charge is 1.98. The van der Waals surface area contributed by atoms with Gasteiger partial charge in [0.2, 0.25) is 0 Å². The van der Waals surface area contributed by atoms with Gasteiger partial charge in [-0.3, -0.25) is 4.98 Å². The molecule has 0 aliphatic rings. The van der Waals surface area contributed by atoms with E-state index in [1.165, 1.54) is 12.0 Å². The lowest BCUT2D eigenvalue weighted by molar-refractivity contribution is 0.647. The van der Waals surface area contributed by atoms with Crippen LogP contribution in [0.1, 0.15) is 18.9 Å². The van der Waals surface area contributed by atoms with Crippen LogP contribution in [0.4, 0.5) is 0 Å². The van der Waals surface area contributed by atoms with Gasteiger partial charge in [0.15, 0.2) is 0 Å². The Hall–Kier alpha value is -0.0600. The second-order valence-electron chi connectivity index (χ2n) is 3.52.